The smallest absolute Gasteiger partial charge is 0.328 e. The molecule has 200 valence electrons. The van der Waals surface area contributed by atoms with Crippen molar-refractivity contribution in [3.05, 3.63) is 82.3 Å². The number of carbonyl (C=O) groups is 2. The topological polar surface area (TPSA) is 80.6 Å². The number of rotatable bonds is 7. The maximum Gasteiger partial charge on any atom is 0.328 e. The summed E-state index contributed by atoms with van der Waals surface area (Å²) in [4.78, 5) is 33.1. The van der Waals surface area contributed by atoms with Crippen LogP contribution < -0.4 is 4.74 Å². The molecule has 6 rings (SSSR count). The highest BCUT2D eigenvalue weighted by Gasteiger charge is 2.49. The van der Waals surface area contributed by atoms with Crippen LogP contribution >= 0.6 is 11.6 Å². The molecule has 2 aromatic carbocycles. The predicted molar refractivity (Wildman–Crippen MR) is 140 cm³/mol. The summed E-state index contributed by atoms with van der Waals surface area (Å²) in [5.74, 6) is -0.816. The normalized spacial score (nSPS) is 17.5. The van der Waals surface area contributed by atoms with E-state index in [2.05, 4.69) is 10.1 Å². The van der Waals surface area contributed by atoms with Crippen molar-refractivity contribution in [3.63, 3.8) is 0 Å². The van der Waals surface area contributed by atoms with Gasteiger partial charge in [0.25, 0.3) is 5.91 Å². The highest BCUT2D eigenvalue weighted by Crippen LogP contribution is 2.35. The molecule has 3 amide bonds. The molecule has 11 heteroatoms. The monoisotopic (exact) mass is 551 g/mol. The Hall–Kier alpha value is -4.05. The molecule has 2 fully saturated rings. The van der Waals surface area contributed by atoms with Crippen LogP contribution in [-0.2, 0) is 17.9 Å². The Morgan fingerprint density at radius 2 is 1.92 bits per heavy atom. The minimum atomic E-state index is -0.662. The van der Waals surface area contributed by atoms with Gasteiger partial charge in [-0.1, -0.05) is 23.7 Å². The van der Waals surface area contributed by atoms with E-state index in [4.69, 9.17) is 16.3 Å². The number of hydrogen-bond acceptors (Lipinski definition) is 5. The second-order valence-electron chi connectivity index (χ2n) is 9.88. The van der Waals surface area contributed by atoms with E-state index in [0.717, 1.165) is 19.0 Å². The number of nitrogens with zero attached hydrogens (tertiary/aromatic N) is 5. The van der Waals surface area contributed by atoms with Crippen molar-refractivity contribution in [2.75, 3.05) is 0 Å². The molecule has 1 atom stereocenters. The Balaban J connectivity index is 1.32. The first kappa shape index (κ1) is 25.2. The summed E-state index contributed by atoms with van der Waals surface area (Å²) in [7, 11) is 0. The number of benzene rings is 2. The molecule has 1 unspecified atom stereocenters. The number of amides is 3. The summed E-state index contributed by atoms with van der Waals surface area (Å²) in [6, 6.07) is 8.58. The third-order valence-electron chi connectivity index (χ3n) is 7.10. The highest BCUT2D eigenvalue weighted by molar-refractivity contribution is 6.31. The van der Waals surface area contributed by atoms with E-state index in [-0.39, 0.29) is 36.2 Å². The second kappa shape index (κ2) is 9.60. The van der Waals surface area contributed by atoms with Crippen LogP contribution in [0.1, 0.15) is 36.6 Å². The fraction of sp³-hybridized carbons (Fsp3) is 0.286. The molecular weight excluding hydrogens is 528 g/mol. The molecule has 1 aliphatic carbocycles. The van der Waals surface area contributed by atoms with Crippen molar-refractivity contribution in [2.24, 2.45) is 0 Å². The quantitative estimate of drug-likeness (QED) is 0.281. The standard InChI is InChI=1S/C28H24ClF2N5O3/c1-15-8-24(35-13-19(31)11-32-35)21-4-3-5-25(26(21)33-15)39-14-22-17(9-18(30)10-23(22)29)12-34-16(2)27(37)36(28(34)38)20-6-7-20/h3-5,8-11,13,16,20H,6-7,12,14H2,1-2H3. The molecule has 0 radical (unpaired) electrons. The van der Waals surface area contributed by atoms with Gasteiger partial charge in [-0.2, -0.15) is 5.10 Å². The maximum absolute atomic E-state index is 14.4. The lowest BCUT2D eigenvalue weighted by atomic mass is 10.1. The minimum absolute atomic E-state index is 0.00698. The van der Waals surface area contributed by atoms with Gasteiger partial charge in [0.05, 0.1) is 23.1 Å². The fourth-order valence-corrected chi connectivity index (χ4v) is 5.25. The van der Waals surface area contributed by atoms with E-state index in [1.165, 1.54) is 32.8 Å². The van der Waals surface area contributed by atoms with Gasteiger partial charge in [0.2, 0.25) is 0 Å². The van der Waals surface area contributed by atoms with Crippen LogP contribution in [0.15, 0.2) is 48.8 Å². The van der Waals surface area contributed by atoms with Crippen LogP contribution in [0.2, 0.25) is 5.02 Å². The molecule has 2 aliphatic rings. The molecule has 8 nitrogen and oxygen atoms in total. The third-order valence-corrected chi connectivity index (χ3v) is 7.44. The third kappa shape index (κ3) is 4.58. The lowest BCUT2D eigenvalue weighted by Gasteiger charge is -2.22. The zero-order chi connectivity index (χ0) is 27.4. The Bertz CT molecular complexity index is 1640. The number of urea groups is 1. The Labute approximate surface area is 227 Å². The molecule has 39 heavy (non-hydrogen) atoms. The second-order valence-corrected chi connectivity index (χ2v) is 10.3. The van der Waals surface area contributed by atoms with Crippen LogP contribution in [0.4, 0.5) is 13.6 Å². The van der Waals surface area contributed by atoms with Gasteiger partial charge in [-0.3, -0.25) is 9.69 Å². The van der Waals surface area contributed by atoms with Crippen molar-refractivity contribution in [2.45, 2.75) is 51.9 Å². The van der Waals surface area contributed by atoms with Gasteiger partial charge >= 0.3 is 6.03 Å². The number of carbonyl (C=O) groups excluding carboxylic acids is 2. The minimum Gasteiger partial charge on any atom is -0.487 e. The van der Waals surface area contributed by atoms with Gasteiger partial charge in [-0.25, -0.2) is 23.2 Å². The van der Waals surface area contributed by atoms with Crippen LogP contribution in [-0.4, -0.2) is 48.6 Å². The van der Waals surface area contributed by atoms with E-state index in [1.807, 2.05) is 13.0 Å². The zero-order valence-electron chi connectivity index (χ0n) is 21.2. The molecule has 0 N–H and O–H groups in total. The zero-order valence-corrected chi connectivity index (χ0v) is 22.0. The molecule has 3 heterocycles. The Morgan fingerprint density at radius 3 is 2.64 bits per heavy atom. The van der Waals surface area contributed by atoms with Gasteiger partial charge in [-0.15, -0.1) is 0 Å². The van der Waals surface area contributed by atoms with E-state index in [0.29, 0.717) is 39.2 Å². The summed E-state index contributed by atoms with van der Waals surface area (Å²) in [6.07, 6.45) is 4.02. The van der Waals surface area contributed by atoms with Gasteiger partial charge in [0, 0.05) is 29.2 Å². The van der Waals surface area contributed by atoms with Crippen LogP contribution in [0.5, 0.6) is 5.75 Å². The number of aryl methyl sites for hydroxylation is 1. The van der Waals surface area contributed by atoms with Gasteiger partial charge in [0.1, 0.15) is 29.7 Å². The Morgan fingerprint density at radius 1 is 1.13 bits per heavy atom. The predicted octanol–water partition coefficient (Wildman–Crippen LogP) is 5.55. The molecule has 1 aliphatic heterocycles. The van der Waals surface area contributed by atoms with Crippen molar-refractivity contribution in [1.82, 2.24) is 24.6 Å². The molecule has 1 saturated carbocycles. The lowest BCUT2D eigenvalue weighted by molar-refractivity contribution is -0.128. The van der Waals surface area contributed by atoms with E-state index >= 15 is 0 Å². The van der Waals surface area contributed by atoms with Crippen molar-refractivity contribution >= 4 is 34.4 Å². The highest BCUT2D eigenvalue weighted by atomic mass is 35.5. The fourth-order valence-electron chi connectivity index (χ4n) is 4.97. The lowest BCUT2D eigenvalue weighted by Crippen LogP contribution is -2.35. The van der Waals surface area contributed by atoms with Crippen molar-refractivity contribution in [1.29, 1.82) is 0 Å². The van der Waals surface area contributed by atoms with Gasteiger partial charge < -0.3 is 9.64 Å². The SMILES string of the molecule is Cc1cc(-n2cc(F)cn2)c2cccc(OCc3c(Cl)cc(F)cc3CN3C(=O)N(C4CC4)C(=O)C3C)c2n1. The van der Waals surface area contributed by atoms with Crippen LogP contribution in [0.3, 0.4) is 0 Å². The first-order valence-electron chi connectivity index (χ1n) is 12.6. The Kier molecular flexibility index (Phi) is 6.22. The molecule has 1 saturated heterocycles. The number of aromatic nitrogens is 3. The van der Waals surface area contributed by atoms with Gasteiger partial charge in [0.15, 0.2) is 5.82 Å². The number of pyridine rings is 1. The molecule has 4 aromatic rings. The van der Waals surface area contributed by atoms with E-state index in [1.54, 1.807) is 25.1 Å². The molecule has 2 aromatic heterocycles. The van der Waals surface area contributed by atoms with E-state index < -0.39 is 17.7 Å². The number of imide groups is 1. The number of hydrogen-bond donors (Lipinski definition) is 0. The number of halogens is 3. The number of fused-ring (bicyclic) bond motifs is 1. The average molecular weight is 552 g/mol. The van der Waals surface area contributed by atoms with Crippen molar-refractivity contribution in [3.8, 4) is 11.4 Å². The van der Waals surface area contributed by atoms with Gasteiger partial charge in [-0.05, 0) is 56.5 Å². The first-order valence-corrected chi connectivity index (χ1v) is 12.9. The summed E-state index contributed by atoms with van der Waals surface area (Å²) in [6.45, 7) is 3.46. The largest absolute Gasteiger partial charge is 0.487 e. The first-order chi connectivity index (χ1) is 18.7. The number of para-hydroxylation sites is 1. The van der Waals surface area contributed by atoms with Crippen LogP contribution in [0.25, 0.3) is 16.6 Å². The van der Waals surface area contributed by atoms with Crippen LogP contribution in [0, 0.1) is 18.6 Å². The summed E-state index contributed by atoms with van der Waals surface area (Å²) >= 11 is 6.46. The summed E-state index contributed by atoms with van der Waals surface area (Å²) in [5, 5.41) is 4.92. The maximum atomic E-state index is 14.4. The molecule has 0 bridgehead atoms. The summed E-state index contributed by atoms with van der Waals surface area (Å²) in [5.41, 5.74) is 2.80. The molecule has 0 spiro atoms. The molecular formula is C28H24ClF2N5O3. The summed E-state index contributed by atoms with van der Waals surface area (Å²) < 4.78 is 35.7. The average Bonchev–Trinajstić information content (AvgIpc) is 3.59. The van der Waals surface area contributed by atoms with E-state index in [9.17, 15) is 18.4 Å². The number of ether oxygens (including phenoxy) is 1. The van der Waals surface area contributed by atoms with Crippen molar-refractivity contribution < 1.29 is 23.1 Å².